The van der Waals surface area contributed by atoms with E-state index in [4.69, 9.17) is 0 Å². The van der Waals surface area contributed by atoms with Crippen LogP contribution in [0.15, 0.2) is 18.2 Å². The Hall–Kier alpha value is -2.28. The second kappa shape index (κ2) is 5.11. The van der Waals surface area contributed by atoms with E-state index in [1.807, 2.05) is 6.07 Å². The van der Waals surface area contributed by atoms with Crippen molar-refractivity contribution in [3.8, 4) is 16.9 Å². The second-order valence-electron chi connectivity index (χ2n) is 7.80. The van der Waals surface area contributed by atoms with E-state index in [1.165, 1.54) is 55.3 Å². The Morgan fingerprint density at radius 2 is 1.40 bits per heavy atom. The molecule has 1 atom stereocenters. The summed E-state index contributed by atoms with van der Waals surface area (Å²) in [5.41, 5.74) is 13.0. The first kappa shape index (κ1) is 16.2. The van der Waals surface area contributed by atoms with Gasteiger partial charge in [-0.3, -0.25) is 0 Å². The highest BCUT2D eigenvalue weighted by molar-refractivity contribution is 6.01. The normalized spacial score (nSPS) is 15.6. The molecule has 0 aromatic heterocycles. The van der Waals surface area contributed by atoms with Crippen molar-refractivity contribution >= 4 is 10.8 Å². The maximum Gasteiger partial charge on any atom is 0.120 e. The number of rotatable bonds is 0. The van der Waals surface area contributed by atoms with E-state index in [2.05, 4.69) is 60.6 Å². The summed E-state index contributed by atoms with van der Waals surface area (Å²) < 4.78 is 0. The van der Waals surface area contributed by atoms with Gasteiger partial charge in [-0.1, -0.05) is 19.1 Å². The molecular formula is C24H26O. The summed E-state index contributed by atoms with van der Waals surface area (Å²) in [6.45, 7) is 15.4. The fourth-order valence-electron chi connectivity index (χ4n) is 4.80. The molecule has 0 aliphatic heterocycles. The molecule has 3 aromatic carbocycles. The lowest BCUT2D eigenvalue weighted by Gasteiger charge is -2.19. The van der Waals surface area contributed by atoms with Gasteiger partial charge in [0, 0.05) is 11.5 Å². The molecule has 0 amide bonds. The average Bonchev–Trinajstić information content (AvgIpc) is 2.89. The van der Waals surface area contributed by atoms with Gasteiger partial charge in [0.2, 0.25) is 0 Å². The summed E-state index contributed by atoms with van der Waals surface area (Å²) in [6, 6.07) is 6.48. The van der Waals surface area contributed by atoms with Crippen LogP contribution >= 0.6 is 0 Å². The van der Waals surface area contributed by atoms with Gasteiger partial charge in [-0.15, -0.1) is 0 Å². The quantitative estimate of drug-likeness (QED) is 0.497. The van der Waals surface area contributed by atoms with Crippen molar-refractivity contribution in [2.75, 3.05) is 0 Å². The average molecular weight is 330 g/mol. The van der Waals surface area contributed by atoms with E-state index in [9.17, 15) is 5.11 Å². The number of phenols is 1. The molecule has 1 aliphatic carbocycles. The molecule has 0 saturated heterocycles. The van der Waals surface area contributed by atoms with Crippen molar-refractivity contribution in [2.24, 2.45) is 0 Å². The molecule has 0 saturated carbocycles. The SMILES string of the molecule is Cc1cc(O)c2c(c1C)-c1ccc3c(C)c(C)c(C)c(C)c3c1C2C. The van der Waals surface area contributed by atoms with Gasteiger partial charge in [-0.2, -0.15) is 0 Å². The van der Waals surface area contributed by atoms with Crippen molar-refractivity contribution in [1.82, 2.24) is 0 Å². The first-order valence-corrected chi connectivity index (χ1v) is 9.12. The van der Waals surface area contributed by atoms with Gasteiger partial charge in [0.25, 0.3) is 0 Å². The van der Waals surface area contributed by atoms with Crippen LogP contribution in [0.4, 0.5) is 0 Å². The molecule has 25 heavy (non-hydrogen) atoms. The van der Waals surface area contributed by atoms with Crippen molar-refractivity contribution in [1.29, 1.82) is 0 Å². The second-order valence-corrected chi connectivity index (χ2v) is 7.80. The Labute approximate surface area is 150 Å². The first-order valence-electron chi connectivity index (χ1n) is 9.12. The Morgan fingerprint density at radius 1 is 0.760 bits per heavy atom. The van der Waals surface area contributed by atoms with Crippen LogP contribution in [0.3, 0.4) is 0 Å². The van der Waals surface area contributed by atoms with Crippen LogP contribution in [0.2, 0.25) is 0 Å². The van der Waals surface area contributed by atoms with Gasteiger partial charge in [0.15, 0.2) is 0 Å². The number of hydrogen-bond donors (Lipinski definition) is 1. The highest BCUT2D eigenvalue weighted by Gasteiger charge is 2.32. The molecule has 4 rings (SSSR count). The summed E-state index contributed by atoms with van der Waals surface area (Å²) in [7, 11) is 0. The highest BCUT2D eigenvalue weighted by Crippen LogP contribution is 2.53. The molecule has 0 fully saturated rings. The zero-order valence-corrected chi connectivity index (χ0v) is 16.3. The minimum absolute atomic E-state index is 0.216. The minimum Gasteiger partial charge on any atom is -0.508 e. The molecule has 1 heteroatoms. The predicted octanol–water partition coefficient (Wildman–Crippen LogP) is 6.53. The molecule has 0 radical (unpaired) electrons. The van der Waals surface area contributed by atoms with Crippen molar-refractivity contribution < 1.29 is 5.11 Å². The Balaban J connectivity index is 2.22. The van der Waals surface area contributed by atoms with Crippen molar-refractivity contribution in [2.45, 2.75) is 54.4 Å². The maximum atomic E-state index is 10.7. The third-order valence-corrected chi connectivity index (χ3v) is 6.71. The minimum atomic E-state index is 0.216. The molecule has 128 valence electrons. The molecule has 0 bridgehead atoms. The standard InChI is InChI=1S/C24H26O/c1-11-10-20(25)24-17(7)23-19(21(24)12(11)2)9-8-18-15(5)13(3)14(4)16(6)22(18)23/h8-10,17,25H,1-7H3. The monoisotopic (exact) mass is 330 g/mol. The molecule has 3 aromatic rings. The van der Waals surface area contributed by atoms with Gasteiger partial charge in [0.1, 0.15) is 5.75 Å². The zero-order valence-electron chi connectivity index (χ0n) is 16.3. The fraction of sp³-hybridized carbons (Fsp3) is 0.333. The summed E-state index contributed by atoms with van der Waals surface area (Å²) in [5, 5.41) is 13.4. The number of aryl methyl sites for hydroxylation is 3. The van der Waals surface area contributed by atoms with Crippen LogP contribution in [0.1, 0.15) is 57.3 Å². The molecule has 0 spiro atoms. The third-order valence-electron chi connectivity index (χ3n) is 6.71. The van der Waals surface area contributed by atoms with Crippen molar-refractivity contribution in [3.63, 3.8) is 0 Å². The largest absolute Gasteiger partial charge is 0.508 e. The molecule has 1 unspecified atom stereocenters. The van der Waals surface area contributed by atoms with Crippen molar-refractivity contribution in [3.05, 3.63) is 62.7 Å². The van der Waals surface area contributed by atoms with Crippen LogP contribution in [0.5, 0.6) is 5.75 Å². The maximum absolute atomic E-state index is 10.7. The lowest BCUT2D eigenvalue weighted by Crippen LogP contribution is -1.99. The van der Waals surface area contributed by atoms with Crippen LogP contribution in [0, 0.1) is 41.5 Å². The van der Waals surface area contributed by atoms with Gasteiger partial charge < -0.3 is 5.11 Å². The summed E-state index contributed by atoms with van der Waals surface area (Å²) in [6.07, 6.45) is 0. The Kier molecular flexibility index (Phi) is 3.31. The number of hydrogen-bond acceptors (Lipinski definition) is 1. The smallest absolute Gasteiger partial charge is 0.120 e. The molecule has 1 nitrogen and oxygen atoms in total. The van der Waals surface area contributed by atoms with Crippen LogP contribution in [-0.2, 0) is 0 Å². The summed E-state index contributed by atoms with van der Waals surface area (Å²) >= 11 is 0. The van der Waals surface area contributed by atoms with Crippen LogP contribution in [-0.4, -0.2) is 5.11 Å². The fourth-order valence-corrected chi connectivity index (χ4v) is 4.80. The number of benzene rings is 3. The van der Waals surface area contributed by atoms with Gasteiger partial charge in [-0.25, -0.2) is 0 Å². The number of aromatic hydroxyl groups is 1. The Bertz CT molecular complexity index is 1070. The van der Waals surface area contributed by atoms with Crippen LogP contribution < -0.4 is 0 Å². The van der Waals surface area contributed by atoms with Gasteiger partial charge in [-0.05, 0) is 108 Å². The van der Waals surface area contributed by atoms with E-state index in [-0.39, 0.29) is 5.92 Å². The molecular weight excluding hydrogens is 304 g/mol. The van der Waals surface area contributed by atoms with E-state index in [1.54, 1.807) is 0 Å². The highest BCUT2D eigenvalue weighted by atomic mass is 16.3. The lowest BCUT2D eigenvalue weighted by molar-refractivity contribution is 0.467. The molecule has 1 aliphatic rings. The summed E-state index contributed by atoms with van der Waals surface area (Å²) in [4.78, 5) is 0. The van der Waals surface area contributed by atoms with Gasteiger partial charge >= 0.3 is 0 Å². The summed E-state index contributed by atoms with van der Waals surface area (Å²) in [5.74, 6) is 0.654. The van der Waals surface area contributed by atoms with E-state index < -0.39 is 0 Å². The van der Waals surface area contributed by atoms with E-state index >= 15 is 0 Å². The zero-order chi connectivity index (χ0) is 18.2. The van der Waals surface area contributed by atoms with Crippen LogP contribution in [0.25, 0.3) is 21.9 Å². The van der Waals surface area contributed by atoms with E-state index in [0.717, 1.165) is 11.1 Å². The topological polar surface area (TPSA) is 20.2 Å². The predicted molar refractivity (Wildman–Crippen MR) is 107 cm³/mol. The molecule has 1 N–H and O–H groups in total. The van der Waals surface area contributed by atoms with Gasteiger partial charge in [0.05, 0.1) is 0 Å². The number of phenolic OH excluding ortho intramolecular Hbond substituents is 1. The molecule has 0 heterocycles. The lowest BCUT2D eigenvalue weighted by atomic mass is 9.85. The third kappa shape index (κ3) is 1.90. The number of fused-ring (bicyclic) bond motifs is 5. The first-order chi connectivity index (χ1) is 11.8. The van der Waals surface area contributed by atoms with E-state index in [0.29, 0.717) is 5.75 Å². The Morgan fingerprint density at radius 3 is 2.08 bits per heavy atom.